The van der Waals surface area contributed by atoms with Crippen LogP contribution in [0.4, 0.5) is 4.39 Å². The van der Waals surface area contributed by atoms with Crippen LogP contribution in [0.2, 0.25) is 0 Å². The Bertz CT molecular complexity index is 689. The first-order valence-corrected chi connectivity index (χ1v) is 11.0. The van der Waals surface area contributed by atoms with Crippen LogP contribution in [0, 0.1) is 17.7 Å². The Labute approximate surface area is 165 Å². The zero-order chi connectivity index (χ0) is 19.4. The van der Waals surface area contributed by atoms with Gasteiger partial charge in [0, 0.05) is 16.6 Å². The standard InChI is InChI=1S/C21H29FN2O2S/c1-13(2)19(24-20(25)14-6-4-3-5-7-14)21(26)23-17-10-11-27-18-9-8-15(22)12-16(17)18/h8-9,12-14,17,19H,3-7,10-11H2,1-2H3,(H,23,26)(H,24,25)/t17-,19+/m0/s1. The molecule has 0 unspecified atom stereocenters. The number of rotatable bonds is 5. The van der Waals surface area contributed by atoms with E-state index in [1.807, 2.05) is 13.8 Å². The summed E-state index contributed by atoms with van der Waals surface area (Å²) in [6, 6.07) is 3.97. The van der Waals surface area contributed by atoms with Crippen LogP contribution in [0.15, 0.2) is 23.1 Å². The number of carbonyl (C=O) groups is 2. The van der Waals surface area contributed by atoms with E-state index in [-0.39, 0.29) is 35.5 Å². The average Bonchev–Trinajstić information content (AvgIpc) is 2.66. The minimum Gasteiger partial charge on any atom is -0.347 e. The van der Waals surface area contributed by atoms with Crippen molar-refractivity contribution >= 4 is 23.6 Å². The molecule has 0 spiro atoms. The molecule has 0 aromatic heterocycles. The molecule has 2 amide bonds. The van der Waals surface area contributed by atoms with Crippen molar-refractivity contribution in [2.75, 3.05) is 5.75 Å². The summed E-state index contributed by atoms with van der Waals surface area (Å²) in [6.07, 6.45) is 5.93. The summed E-state index contributed by atoms with van der Waals surface area (Å²) in [5.74, 6) is 0.415. The molecule has 2 atom stereocenters. The number of fused-ring (bicyclic) bond motifs is 1. The second-order valence-electron chi connectivity index (χ2n) is 7.95. The second-order valence-corrected chi connectivity index (χ2v) is 9.08. The van der Waals surface area contributed by atoms with Gasteiger partial charge in [0.2, 0.25) is 11.8 Å². The molecule has 148 valence electrons. The normalized spacial score (nSPS) is 21.4. The lowest BCUT2D eigenvalue weighted by Gasteiger charge is -2.30. The lowest BCUT2D eigenvalue weighted by molar-refractivity contribution is -0.133. The first kappa shape index (κ1) is 20.2. The minimum absolute atomic E-state index is 0.00538. The van der Waals surface area contributed by atoms with E-state index >= 15 is 0 Å². The van der Waals surface area contributed by atoms with Crippen molar-refractivity contribution in [3.05, 3.63) is 29.6 Å². The van der Waals surface area contributed by atoms with Crippen LogP contribution >= 0.6 is 11.8 Å². The lowest BCUT2D eigenvalue weighted by atomic mass is 9.88. The van der Waals surface area contributed by atoms with Crippen LogP contribution in [0.25, 0.3) is 0 Å². The van der Waals surface area contributed by atoms with E-state index in [2.05, 4.69) is 10.6 Å². The van der Waals surface area contributed by atoms with E-state index in [0.717, 1.165) is 48.3 Å². The Hall–Kier alpha value is -1.56. The van der Waals surface area contributed by atoms with Crippen molar-refractivity contribution in [2.45, 2.75) is 69.4 Å². The number of hydrogen-bond donors (Lipinski definition) is 2. The van der Waals surface area contributed by atoms with Crippen LogP contribution in [0.5, 0.6) is 0 Å². The number of benzene rings is 1. The third-order valence-corrected chi connectivity index (χ3v) is 6.67. The second kappa shape index (κ2) is 9.09. The fourth-order valence-corrected chi connectivity index (χ4v) is 5.05. The molecule has 1 aliphatic carbocycles. The highest BCUT2D eigenvalue weighted by atomic mass is 32.2. The quantitative estimate of drug-likeness (QED) is 0.790. The maximum atomic E-state index is 13.7. The van der Waals surface area contributed by atoms with E-state index in [1.54, 1.807) is 17.8 Å². The van der Waals surface area contributed by atoms with Gasteiger partial charge in [-0.1, -0.05) is 33.1 Å². The molecule has 2 aliphatic rings. The van der Waals surface area contributed by atoms with Crippen molar-refractivity contribution in [3.63, 3.8) is 0 Å². The van der Waals surface area contributed by atoms with Crippen LogP contribution in [0.3, 0.4) is 0 Å². The predicted molar refractivity (Wildman–Crippen MR) is 106 cm³/mol. The third-order valence-electron chi connectivity index (χ3n) is 5.55. The number of hydrogen-bond acceptors (Lipinski definition) is 3. The SMILES string of the molecule is CC(C)[C@@H](NC(=O)C1CCCCC1)C(=O)N[C@H]1CCSc2ccc(F)cc21. The van der Waals surface area contributed by atoms with Gasteiger partial charge in [0.25, 0.3) is 0 Å². The topological polar surface area (TPSA) is 58.2 Å². The summed E-state index contributed by atoms with van der Waals surface area (Å²) in [5.41, 5.74) is 0.834. The molecule has 0 bridgehead atoms. The highest BCUT2D eigenvalue weighted by Crippen LogP contribution is 2.36. The number of halogens is 1. The Kier molecular flexibility index (Phi) is 6.79. The number of nitrogens with one attached hydrogen (secondary N) is 2. The molecular weight excluding hydrogens is 363 g/mol. The van der Waals surface area contributed by atoms with Crippen LogP contribution in [0.1, 0.15) is 64.0 Å². The van der Waals surface area contributed by atoms with Crippen molar-refractivity contribution < 1.29 is 14.0 Å². The number of thioether (sulfide) groups is 1. The van der Waals surface area contributed by atoms with Gasteiger partial charge in [-0.05, 0) is 48.9 Å². The van der Waals surface area contributed by atoms with Gasteiger partial charge < -0.3 is 10.6 Å². The van der Waals surface area contributed by atoms with Crippen molar-refractivity contribution in [1.29, 1.82) is 0 Å². The van der Waals surface area contributed by atoms with Gasteiger partial charge in [-0.3, -0.25) is 9.59 Å². The van der Waals surface area contributed by atoms with Gasteiger partial charge in [-0.2, -0.15) is 0 Å². The fraction of sp³-hybridized carbons (Fsp3) is 0.619. The van der Waals surface area contributed by atoms with Gasteiger partial charge in [0.15, 0.2) is 0 Å². The summed E-state index contributed by atoms with van der Waals surface area (Å²) >= 11 is 1.68. The summed E-state index contributed by atoms with van der Waals surface area (Å²) < 4.78 is 13.7. The molecule has 0 saturated heterocycles. The van der Waals surface area contributed by atoms with Crippen molar-refractivity contribution in [3.8, 4) is 0 Å². The molecule has 1 aromatic carbocycles. The van der Waals surface area contributed by atoms with Crippen molar-refractivity contribution in [1.82, 2.24) is 10.6 Å². The Morgan fingerprint density at radius 2 is 1.89 bits per heavy atom. The third kappa shape index (κ3) is 5.03. The van der Waals surface area contributed by atoms with E-state index in [9.17, 15) is 14.0 Å². The van der Waals surface area contributed by atoms with Crippen LogP contribution in [-0.2, 0) is 9.59 Å². The van der Waals surface area contributed by atoms with Gasteiger partial charge in [-0.15, -0.1) is 11.8 Å². The molecule has 1 saturated carbocycles. The zero-order valence-corrected chi connectivity index (χ0v) is 16.9. The number of amides is 2. The molecule has 1 aromatic rings. The monoisotopic (exact) mass is 392 g/mol. The van der Waals surface area contributed by atoms with Gasteiger partial charge in [0.05, 0.1) is 6.04 Å². The molecule has 6 heteroatoms. The van der Waals surface area contributed by atoms with Crippen LogP contribution in [-0.4, -0.2) is 23.6 Å². The first-order valence-electron chi connectivity index (χ1n) is 9.98. The molecule has 3 rings (SSSR count). The molecule has 2 N–H and O–H groups in total. The predicted octanol–water partition coefficient (Wildman–Crippen LogP) is 4.20. The van der Waals surface area contributed by atoms with E-state index in [0.29, 0.717) is 0 Å². The lowest BCUT2D eigenvalue weighted by Crippen LogP contribution is -2.52. The minimum atomic E-state index is -0.564. The molecule has 0 radical (unpaired) electrons. The molecule has 1 fully saturated rings. The molecule has 4 nitrogen and oxygen atoms in total. The summed E-state index contributed by atoms with van der Waals surface area (Å²) in [7, 11) is 0. The maximum Gasteiger partial charge on any atom is 0.243 e. The Morgan fingerprint density at radius 1 is 1.15 bits per heavy atom. The summed E-state index contributed by atoms with van der Waals surface area (Å²) in [6.45, 7) is 3.88. The largest absolute Gasteiger partial charge is 0.347 e. The van der Waals surface area contributed by atoms with Crippen molar-refractivity contribution in [2.24, 2.45) is 11.8 Å². The molecule has 1 heterocycles. The number of carbonyl (C=O) groups excluding carboxylic acids is 2. The Morgan fingerprint density at radius 3 is 2.59 bits per heavy atom. The summed E-state index contributed by atoms with van der Waals surface area (Å²) in [5, 5.41) is 6.04. The van der Waals surface area contributed by atoms with Crippen LogP contribution < -0.4 is 10.6 Å². The zero-order valence-electron chi connectivity index (χ0n) is 16.1. The Balaban J connectivity index is 1.67. The molecular formula is C21H29FN2O2S. The first-order chi connectivity index (χ1) is 13.0. The van der Waals surface area contributed by atoms with E-state index in [1.165, 1.54) is 18.6 Å². The highest BCUT2D eigenvalue weighted by Gasteiger charge is 2.31. The van der Waals surface area contributed by atoms with E-state index in [4.69, 9.17) is 0 Å². The highest BCUT2D eigenvalue weighted by molar-refractivity contribution is 7.99. The maximum absolute atomic E-state index is 13.7. The molecule has 27 heavy (non-hydrogen) atoms. The fourth-order valence-electron chi connectivity index (χ4n) is 3.95. The van der Waals surface area contributed by atoms with Gasteiger partial charge >= 0.3 is 0 Å². The van der Waals surface area contributed by atoms with Gasteiger partial charge in [-0.25, -0.2) is 4.39 Å². The van der Waals surface area contributed by atoms with Gasteiger partial charge in [0.1, 0.15) is 11.9 Å². The smallest absolute Gasteiger partial charge is 0.243 e. The van der Waals surface area contributed by atoms with E-state index < -0.39 is 6.04 Å². The summed E-state index contributed by atoms with van der Waals surface area (Å²) in [4.78, 5) is 26.6. The molecule has 1 aliphatic heterocycles. The average molecular weight is 393 g/mol.